The second kappa shape index (κ2) is 9.53. The van der Waals surface area contributed by atoms with E-state index >= 15 is 0 Å². The number of nitrogens with zero attached hydrogens (tertiary/aromatic N) is 4. The van der Waals surface area contributed by atoms with E-state index in [0.29, 0.717) is 34.5 Å². The molecule has 0 spiro atoms. The molecule has 0 aliphatic carbocycles. The summed E-state index contributed by atoms with van der Waals surface area (Å²) in [4.78, 5) is 28.3. The number of hydrogen-bond acceptors (Lipinski definition) is 5. The Morgan fingerprint density at radius 3 is 2.44 bits per heavy atom. The zero-order valence-electron chi connectivity index (χ0n) is 15.4. The molecule has 0 bridgehead atoms. The van der Waals surface area contributed by atoms with Crippen molar-refractivity contribution in [3.05, 3.63) is 46.1 Å². The fourth-order valence-corrected chi connectivity index (χ4v) is 2.66. The highest BCUT2D eigenvalue weighted by Gasteiger charge is 2.20. The van der Waals surface area contributed by atoms with Crippen molar-refractivity contribution in [3.8, 4) is 0 Å². The number of carbonyl (C=O) groups excluding carboxylic acids is 2. The van der Waals surface area contributed by atoms with E-state index in [1.54, 1.807) is 35.2 Å². The zero-order valence-corrected chi connectivity index (χ0v) is 16.9. The summed E-state index contributed by atoms with van der Waals surface area (Å²) < 4.78 is 0. The van der Waals surface area contributed by atoms with Crippen LogP contribution in [0.4, 0.5) is 11.5 Å². The number of anilines is 2. The summed E-state index contributed by atoms with van der Waals surface area (Å²) in [7, 11) is 3.67. The Bertz CT molecular complexity index is 812. The smallest absolute Gasteiger partial charge is 0.274 e. The molecule has 0 saturated carbocycles. The van der Waals surface area contributed by atoms with Gasteiger partial charge in [-0.3, -0.25) is 9.59 Å². The van der Waals surface area contributed by atoms with Gasteiger partial charge < -0.3 is 15.1 Å². The van der Waals surface area contributed by atoms with Gasteiger partial charge in [-0.25, -0.2) is 0 Å². The fraction of sp³-hybridized carbons (Fsp3) is 0.333. The summed E-state index contributed by atoms with van der Waals surface area (Å²) >= 11 is 12.0. The van der Waals surface area contributed by atoms with Crippen molar-refractivity contribution in [3.63, 3.8) is 0 Å². The third-order valence-electron chi connectivity index (χ3n) is 3.65. The van der Waals surface area contributed by atoms with Gasteiger partial charge in [0.05, 0.1) is 10.7 Å². The standard InChI is InChI=1S/C18H21Cl2N5O2/c1-4-9-25(18(27)14-7-8-16(23-22-14)24(2)3)11-17(26)21-15-10-12(19)5-6-13(15)20/h5-8,10H,4,9,11H2,1-3H3,(H,21,26). The number of amides is 2. The second-order valence-electron chi connectivity index (χ2n) is 6.07. The van der Waals surface area contributed by atoms with Gasteiger partial charge in [-0.1, -0.05) is 30.1 Å². The van der Waals surface area contributed by atoms with Gasteiger partial charge in [0.25, 0.3) is 5.91 Å². The first-order valence-electron chi connectivity index (χ1n) is 8.37. The van der Waals surface area contributed by atoms with Crippen LogP contribution in [0.15, 0.2) is 30.3 Å². The number of nitrogens with one attached hydrogen (secondary N) is 1. The van der Waals surface area contributed by atoms with Crippen molar-refractivity contribution in [1.82, 2.24) is 15.1 Å². The molecule has 2 aromatic rings. The lowest BCUT2D eigenvalue weighted by Crippen LogP contribution is -2.39. The largest absolute Gasteiger partial charge is 0.361 e. The third-order valence-corrected chi connectivity index (χ3v) is 4.21. The molecular formula is C18H21Cl2N5O2. The van der Waals surface area contributed by atoms with Gasteiger partial charge in [0.2, 0.25) is 5.91 Å². The van der Waals surface area contributed by atoms with E-state index in [1.165, 1.54) is 4.90 Å². The Morgan fingerprint density at radius 2 is 1.85 bits per heavy atom. The van der Waals surface area contributed by atoms with E-state index in [0.717, 1.165) is 0 Å². The maximum absolute atomic E-state index is 12.7. The summed E-state index contributed by atoms with van der Waals surface area (Å²) in [5.74, 6) is -0.0947. The lowest BCUT2D eigenvalue weighted by molar-refractivity contribution is -0.116. The van der Waals surface area contributed by atoms with Crippen molar-refractivity contribution >= 4 is 46.5 Å². The maximum Gasteiger partial charge on any atom is 0.274 e. The highest BCUT2D eigenvalue weighted by Crippen LogP contribution is 2.25. The Morgan fingerprint density at radius 1 is 1.11 bits per heavy atom. The van der Waals surface area contributed by atoms with Crippen LogP contribution >= 0.6 is 23.2 Å². The molecule has 7 nitrogen and oxygen atoms in total. The van der Waals surface area contributed by atoms with Gasteiger partial charge in [-0.05, 0) is 36.8 Å². The van der Waals surface area contributed by atoms with Gasteiger partial charge in [0, 0.05) is 25.7 Å². The van der Waals surface area contributed by atoms with Crippen LogP contribution in [0, 0.1) is 0 Å². The minimum absolute atomic E-state index is 0.132. The summed E-state index contributed by atoms with van der Waals surface area (Å²) in [5, 5.41) is 11.5. The van der Waals surface area contributed by atoms with Gasteiger partial charge in [0.15, 0.2) is 11.5 Å². The minimum Gasteiger partial charge on any atom is -0.361 e. The predicted octanol–water partition coefficient (Wildman–Crippen LogP) is 3.34. The van der Waals surface area contributed by atoms with Crippen molar-refractivity contribution < 1.29 is 9.59 Å². The van der Waals surface area contributed by atoms with Crippen LogP contribution in [0.25, 0.3) is 0 Å². The van der Waals surface area contributed by atoms with Crippen molar-refractivity contribution in [2.24, 2.45) is 0 Å². The first kappa shape index (κ1) is 20.9. The van der Waals surface area contributed by atoms with Gasteiger partial charge in [-0.2, -0.15) is 0 Å². The summed E-state index contributed by atoms with van der Waals surface area (Å²) in [6, 6.07) is 8.08. The molecule has 9 heteroatoms. The number of aromatic nitrogens is 2. The molecule has 1 aromatic carbocycles. The molecule has 1 N–H and O–H groups in total. The number of benzene rings is 1. The minimum atomic E-state index is -0.376. The Balaban J connectivity index is 2.10. The molecule has 0 atom stereocenters. The number of hydrogen-bond donors (Lipinski definition) is 1. The lowest BCUT2D eigenvalue weighted by Gasteiger charge is -2.21. The van der Waals surface area contributed by atoms with E-state index in [1.807, 2.05) is 21.0 Å². The predicted molar refractivity (Wildman–Crippen MR) is 108 cm³/mol. The third kappa shape index (κ3) is 5.80. The number of rotatable bonds is 7. The van der Waals surface area contributed by atoms with Gasteiger partial charge in [-0.15, -0.1) is 10.2 Å². The van der Waals surface area contributed by atoms with E-state index in [4.69, 9.17) is 23.2 Å². The van der Waals surface area contributed by atoms with E-state index in [-0.39, 0.29) is 24.1 Å². The molecule has 144 valence electrons. The van der Waals surface area contributed by atoms with Crippen LogP contribution in [-0.2, 0) is 4.79 Å². The highest BCUT2D eigenvalue weighted by molar-refractivity contribution is 6.35. The van der Waals surface area contributed by atoms with Crippen molar-refractivity contribution in [2.45, 2.75) is 13.3 Å². The topological polar surface area (TPSA) is 78.4 Å². The quantitative estimate of drug-likeness (QED) is 0.758. The van der Waals surface area contributed by atoms with Crippen LogP contribution in [0.1, 0.15) is 23.8 Å². The average molecular weight is 410 g/mol. The summed E-state index contributed by atoms with van der Waals surface area (Å²) in [6.07, 6.45) is 0.695. The molecule has 0 aliphatic rings. The number of carbonyl (C=O) groups is 2. The first-order chi connectivity index (χ1) is 12.8. The Kier molecular flexibility index (Phi) is 7.38. The highest BCUT2D eigenvalue weighted by atomic mass is 35.5. The number of halogens is 2. The first-order valence-corrected chi connectivity index (χ1v) is 9.12. The molecule has 0 unspecified atom stereocenters. The molecule has 27 heavy (non-hydrogen) atoms. The van der Waals surface area contributed by atoms with Crippen LogP contribution in [0.2, 0.25) is 10.0 Å². The molecule has 2 amide bonds. The molecule has 0 fully saturated rings. The monoisotopic (exact) mass is 409 g/mol. The summed E-state index contributed by atoms with van der Waals surface area (Å²) in [6.45, 7) is 2.20. The van der Waals surface area contributed by atoms with E-state index in [2.05, 4.69) is 15.5 Å². The Labute approximate surface area is 168 Å². The normalized spacial score (nSPS) is 10.4. The molecule has 0 aliphatic heterocycles. The van der Waals surface area contributed by atoms with Crippen LogP contribution < -0.4 is 10.2 Å². The second-order valence-corrected chi connectivity index (χ2v) is 6.91. The molecule has 1 heterocycles. The fourth-order valence-electron chi connectivity index (χ4n) is 2.32. The molecule has 2 rings (SSSR count). The van der Waals surface area contributed by atoms with Gasteiger partial charge >= 0.3 is 0 Å². The Hall–Kier alpha value is -2.38. The van der Waals surface area contributed by atoms with E-state index in [9.17, 15) is 9.59 Å². The van der Waals surface area contributed by atoms with Crippen molar-refractivity contribution in [1.29, 1.82) is 0 Å². The van der Waals surface area contributed by atoms with Crippen LogP contribution in [-0.4, -0.2) is 54.1 Å². The van der Waals surface area contributed by atoms with Crippen LogP contribution in [0.5, 0.6) is 0 Å². The van der Waals surface area contributed by atoms with E-state index < -0.39 is 0 Å². The van der Waals surface area contributed by atoms with Crippen molar-refractivity contribution in [2.75, 3.05) is 37.4 Å². The molecular weight excluding hydrogens is 389 g/mol. The maximum atomic E-state index is 12.7. The average Bonchev–Trinajstić information content (AvgIpc) is 2.64. The lowest BCUT2D eigenvalue weighted by atomic mass is 10.3. The van der Waals surface area contributed by atoms with Gasteiger partial charge in [0.1, 0.15) is 6.54 Å². The summed E-state index contributed by atoms with van der Waals surface area (Å²) in [5.41, 5.74) is 0.579. The SMILES string of the molecule is CCCN(CC(=O)Nc1cc(Cl)ccc1Cl)C(=O)c1ccc(N(C)C)nn1. The zero-order chi connectivity index (χ0) is 20.0. The molecule has 0 radical (unpaired) electrons. The van der Waals surface area contributed by atoms with Crippen LogP contribution in [0.3, 0.4) is 0 Å². The molecule has 0 saturated heterocycles. The molecule has 1 aromatic heterocycles.